The Morgan fingerprint density at radius 1 is 1.48 bits per heavy atom. The molecule has 2 heterocycles. The first-order valence-electron chi connectivity index (χ1n) is 7.14. The van der Waals surface area contributed by atoms with Crippen molar-refractivity contribution in [3.8, 4) is 0 Å². The third-order valence-electron chi connectivity index (χ3n) is 3.56. The lowest BCUT2D eigenvalue weighted by atomic mass is 10.2. The number of aromatic nitrogens is 1. The topological polar surface area (TPSA) is 54.3 Å². The highest BCUT2D eigenvalue weighted by atomic mass is 32.1. The fourth-order valence-corrected chi connectivity index (χ4v) is 3.02. The van der Waals surface area contributed by atoms with Crippen LogP contribution in [0, 0.1) is 13.8 Å². The van der Waals surface area contributed by atoms with Crippen molar-refractivity contribution in [2.24, 2.45) is 0 Å². The molecular formula is C16H22N2O2S. The summed E-state index contributed by atoms with van der Waals surface area (Å²) >= 11 is 1.72. The molecule has 114 valence electrons. The van der Waals surface area contributed by atoms with E-state index in [-0.39, 0.29) is 5.91 Å². The Morgan fingerprint density at radius 2 is 2.24 bits per heavy atom. The number of nitrogens with zero attached hydrogens (tertiary/aromatic N) is 1. The van der Waals surface area contributed by atoms with E-state index in [1.54, 1.807) is 18.3 Å². The number of amides is 1. The molecule has 21 heavy (non-hydrogen) atoms. The quantitative estimate of drug-likeness (QED) is 0.862. The average Bonchev–Trinajstić information content (AvgIpc) is 3.02. The Kier molecular flexibility index (Phi) is 5.20. The summed E-state index contributed by atoms with van der Waals surface area (Å²) < 4.78 is 2.16. The molecule has 0 bridgehead atoms. The van der Waals surface area contributed by atoms with Crippen LogP contribution in [-0.4, -0.2) is 28.2 Å². The maximum atomic E-state index is 12.2. The molecule has 0 spiro atoms. The number of aliphatic hydroxyl groups excluding tert-OH is 1. The Labute approximate surface area is 129 Å². The number of hydrogen-bond acceptors (Lipinski definition) is 3. The van der Waals surface area contributed by atoms with Crippen molar-refractivity contribution < 1.29 is 9.90 Å². The van der Waals surface area contributed by atoms with Gasteiger partial charge >= 0.3 is 0 Å². The standard InChI is InChI=1S/C16H22N2O2S/c1-11-9-15(16(20)17-7-6-12(2)19)13(3)18(11)10-14-5-4-8-21-14/h4-5,8-9,12,19H,6-7,10H2,1-3H3,(H,17,20). The van der Waals surface area contributed by atoms with Crippen LogP contribution in [-0.2, 0) is 6.54 Å². The fraction of sp³-hybridized carbons (Fsp3) is 0.438. The Bertz CT molecular complexity index is 600. The van der Waals surface area contributed by atoms with Crippen molar-refractivity contribution in [2.75, 3.05) is 6.54 Å². The molecule has 2 rings (SSSR count). The molecular weight excluding hydrogens is 284 g/mol. The predicted molar refractivity (Wildman–Crippen MR) is 86.0 cm³/mol. The third kappa shape index (κ3) is 3.95. The lowest BCUT2D eigenvalue weighted by molar-refractivity contribution is 0.0945. The van der Waals surface area contributed by atoms with E-state index >= 15 is 0 Å². The van der Waals surface area contributed by atoms with Gasteiger partial charge in [0.25, 0.3) is 5.91 Å². The summed E-state index contributed by atoms with van der Waals surface area (Å²) in [5, 5.41) is 14.2. The van der Waals surface area contributed by atoms with Crippen LogP contribution in [0.1, 0.15) is 40.0 Å². The maximum Gasteiger partial charge on any atom is 0.253 e. The van der Waals surface area contributed by atoms with Gasteiger partial charge in [-0.15, -0.1) is 11.3 Å². The van der Waals surface area contributed by atoms with Crippen LogP contribution >= 0.6 is 11.3 Å². The van der Waals surface area contributed by atoms with Gasteiger partial charge in [-0.25, -0.2) is 0 Å². The van der Waals surface area contributed by atoms with E-state index in [0.29, 0.717) is 13.0 Å². The minimum Gasteiger partial charge on any atom is -0.393 e. The van der Waals surface area contributed by atoms with Crippen molar-refractivity contribution in [1.29, 1.82) is 0 Å². The van der Waals surface area contributed by atoms with Crippen molar-refractivity contribution in [3.05, 3.63) is 45.4 Å². The van der Waals surface area contributed by atoms with Gasteiger partial charge in [-0.2, -0.15) is 0 Å². The Morgan fingerprint density at radius 3 is 2.86 bits per heavy atom. The fourth-order valence-electron chi connectivity index (χ4n) is 2.32. The zero-order valence-corrected chi connectivity index (χ0v) is 13.5. The van der Waals surface area contributed by atoms with E-state index in [9.17, 15) is 9.90 Å². The van der Waals surface area contributed by atoms with Crippen LogP contribution in [0.4, 0.5) is 0 Å². The van der Waals surface area contributed by atoms with Crippen molar-refractivity contribution in [3.63, 3.8) is 0 Å². The molecule has 1 unspecified atom stereocenters. The summed E-state index contributed by atoms with van der Waals surface area (Å²) in [5.41, 5.74) is 2.78. The number of aliphatic hydroxyl groups is 1. The smallest absolute Gasteiger partial charge is 0.253 e. The second-order valence-electron chi connectivity index (χ2n) is 5.34. The number of thiophene rings is 1. The normalized spacial score (nSPS) is 12.4. The van der Waals surface area contributed by atoms with Crippen molar-refractivity contribution >= 4 is 17.2 Å². The third-order valence-corrected chi connectivity index (χ3v) is 4.42. The SMILES string of the molecule is Cc1cc(C(=O)NCCC(C)O)c(C)n1Cc1cccs1. The highest BCUT2D eigenvalue weighted by Gasteiger charge is 2.15. The monoisotopic (exact) mass is 306 g/mol. The van der Waals surface area contributed by atoms with E-state index in [1.807, 2.05) is 26.0 Å². The van der Waals surface area contributed by atoms with Gasteiger partial charge in [0.2, 0.25) is 0 Å². The molecule has 1 atom stereocenters. The summed E-state index contributed by atoms with van der Waals surface area (Å²) in [6, 6.07) is 6.07. The number of nitrogens with one attached hydrogen (secondary N) is 1. The maximum absolute atomic E-state index is 12.2. The van der Waals surface area contributed by atoms with Gasteiger partial charge in [0.05, 0.1) is 18.2 Å². The molecule has 0 aliphatic rings. The summed E-state index contributed by atoms with van der Waals surface area (Å²) in [5.74, 6) is -0.0684. The number of hydrogen-bond donors (Lipinski definition) is 2. The molecule has 4 nitrogen and oxygen atoms in total. The predicted octanol–water partition coefficient (Wildman–Crippen LogP) is 2.72. The van der Waals surface area contributed by atoms with E-state index in [2.05, 4.69) is 21.3 Å². The molecule has 0 fully saturated rings. The summed E-state index contributed by atoms with van der Waals surface area (Å²) in [7, 11) is 0. The molecule has 5 heteroatoms. The first-order chi connectivity index (χ1) is 9.99. The van der Waals surface area contributed by atoms with Gasteiger partial charge in [0, 0.05) is 22.8 Å². The second-order valence-corrected chi connectivity index (χ2v) is 6.38. The molecule has 0 saturated heterocycles. The number of rotatable bonds is 6. The first-order valence-corrected chi connectivity index (χ1v) is 8.02. The highest BCUT2D eigenvalue weighted by Crippen LogP contribution is 2.19. The Balaban J connectivity index is 2.09. The van der Waals surface area contributed by atoms with Crippen LogP contribution in [0.25, 0.3) is 0 Å². The minimum atomic E-state index is -0.392. The number of carbonyl (C=O) groups is 1. The van der Waals surface area contributed by atoms with Crippen LogP contribution in [0.15, 0.2) is 23.6 Å². The van der Waals surface area contributed by atoms with Crippen molar-refractivity contribution in [1.82, 2.24) is 9.88 Å². The average molecular weight is 306 g/mol. The lowest BCUT2D eigenvalue weighted by Gasteiger charge is -2.09. The molecule has 0 aromatic carbocycles. The molecule has 1 amide bonds. The molecule has 2 aromatic rings. The minimum absolute atomic E-state index is 0.0684. The molecule has 0 aliphatic heterocycles. The molecule has 2 N–H and O–H groups in total. The molecule has 0 aliphatic carbocycles. The van der Waals surface area contributed by atoms with Gasteiger partial charge < -0.3 is 15.0 Å². The Hall–Kier alpha value is -1.59. The number of carbonyl (C=O) groups excluding carboxylic acids is 1. The summed E-state index contributed by atoms with van der Waals surface area (Å²) in [6.07, 6.45) is 0.177. The molecule has 2 aromatic heterocycles. The lowest BCUT2D eigenvalue weighted by Crippen LogP contribution is -2.26. The van der Waals surface area contributed by atoms with E-state index in [4.69, 9.17) is 0 Å². The van der Waals surface area contributed by atoms with Gasteiger partial charge in [0.15, 0.2) is 0 Å². The molecule has 0 radical (unpaired) electrons. The van der Waals surface area contributed by atoms with Gasteiger partial charge in [0.1, 0.15) is 0 Å². The van der Waals surface area contributed by atoms with Crippen LogP contribution < -0.4 is 5.32 Å². The summed E-state index contributed by atoms with van der Waals surface area (Å²) in [6.45, 7) is 7.01. The summed E-state index contributed by atoms with van der Waals surface area (Å²) in [4.78, 5) is 13.5. The van der Waals surface area contributed by atoms with Crippen LogP contribution in [0.3, 0.4) is 0 Å². The second kappa shape index (κ2) is 6.91. The largest absolute Gasteiger partial charge is 0.393 e. The zero-order chi connectivity index (χ0) is 15.4. The van der Waals surface area contributed by atoms with Gasteiger partial charge in [-0.05, 0) is 44.7 Å². The highest BCUT2D eigenvalue weighted by molar-refractivity contribution is 7.09. The van der Waals surface area contributed by atoms with E-state index in [1.165, 1.54) is 4.88 Å². The first kappa shape index (κ1) is 15.8. The van der Waals surface area contributed by atoms with Gasteiger partial charge in [-0.3, -0.25) is 4.79 Å². The number of aryl methyl sites for hydroxylation is 1. The van der Waals surface area contributed by atoms with Crippen LogP contribution in [0.2, 0.25) is 0 Å². The molecule has 0 saturated carbocycles. The van der Waals surface area contributed by atoms with E-state index < -0.39 is 6.10 Å². The van der Waals surface area contributed by atoms with Crippen LogP contribution in [0.5, 0.6) is 0 Å². The van der Waals surface area contributed by atoms with E-state index in [0.717, 1.165) is 23.5 Å². The van der Waals surface area contributed by atoms with Gasteiger partial charge in [-0.1, -0.05) is 6.07 Å². The zero-order valence-electron chi connectivity index (χ0n) is 12.7. The van der Waals surface area contributed by atoms with Crippen molar-refractivity contribution in [2.45, 2.75) is 39.8 Å².